The number of aliphatic hydroxyl groups excluding tert-OH is 1. The molecule has 18 heavy (non-hydrogen) atoms. The van der Waals surface area contributed by atoms with E-state index >= 15 is 0 Å². The van der Waals surface area contributed by atoms with Gasteiger partial charge < -0.3 is 26.0 Å². The molecule has 1 amide bonds. The fraction of sp³-hybridized carbons (Fsp3) is 0.400. The van der Waals surface area contributed by atoms with Gasteiger partial charge in [0.1, 0.15) is 5.00 Å². The van der Waals surface area contributed by atoms with Crippen LogP contribution in [0.15, 0.2) is 0 Å². The third-order valence-electron chi connectivity index (χ3n) is 2.65. The van der Waals surface area contributed by atoms with Gasteiger partial charge in [0.15, 0.2) is 6.29 Å². The molecule has 0 saturated carbocycles. The van der Waals surface area contributed by atoms with Crippen LogP contribution in [0.5, 0.6) is 0 Å². The molecule has 0 radical (unpaired) electrons. The molecule has 0 aromatic carbocycles. The first-order valence-corrected chi connectivity index (χ1v) is 6.08. The average molecular weight is 272 g/mol. The molecular formula is C10H12N2O5S. The number of carbonyl (C=O) groups is 2. The quantitative estimate of drug-likeness (QED) is 0.362. The van der Waals surface area contributed by atoms with Crippen molar-refractivity contribution in [3.63, 3.8) is 0 Å². The summed E-state index contributed by atoms with van der Waals surface area (Å²) in [6.07, 6.45) is -1.12. The van der Waals surface area contributed by atoms with Gasteiger partial charge in [-0.1, -0.05) is 0 Å². The zero-order valence-electron chi connectivity index (χ0n) is 9.27. The van der Waals surface area contributed by atoms with Gasteiger partial charge in [0.05, 0.1) is 0 Å². The first-order valence-electron chi connectivity index (χ1n) is 5.26. The Balaban J connectivity index is 2.37. The van der Waals surface area contributed by atoms with Gasteiger partial charge in [-0.25, -0.2) is 4.79 Å². The zero-order valence-corrected chi connectivity index (χ0v) is 10.1. The van der Waals surface area contributed by atoms with Gasteiger partial charge in [0.2, 0.25) is 0 Å². The van der Waals surface area contributed by atoms with Crippen molar-refractivity contribution < 1.29 is 24.9 Å². The molecule has 1 aromatic heterocycles. The first-order chi connectivity index (χ1) is 8.50. The number of aliphatic carboxylic acids is 1. The lowest BCUT2D eigenvalue weighted by molar-refractivity contribution is -0.147. The Hall–Kier alpha value is -1.48. The van der Waals surface area contributed by atoms with Crippen molar-refractivity contribution in [2.45, 2.75) is 19.3 Å². The number of rotatable bonds is 2. The van der Waals surface area contributed by atoms with Crippen molar-refractivity contribution in [2.24, 2.45) is 0 Å². The summed E-state index contributed by atoms with van der Waals surface area (Å²) in [5, 5.41) is 32.7. The first kappa shape index (κ1) is 13.0. The Morgan fingerprint density at radius 2 is 2.11 bits per heavy atom. The lowest BCUT2D eigenvalue weighted by Crippen LogP contribution is -2.23. The van der Waals surface area contributed by atoms with E-state index in [1.807, 2.05) is 0 Å². The van der Waals surface area contributed by atoms with E-state index < -0.39 is 18.2 Å². The van der Waals surface area contributed by atoms with Crippen molar-refractivity contribution in [1.82, 2.24) is 5.32 Å². The van der Waals surface area contributed by atoms with Gasteiger partial charge in [0, 0.05) is 17.0 Å². The van der Waals surface area contributed by atoms with Crippen LogP contribution in [0.2, 0.25) is 0 Å². The van der Waals surface area contributed by atoms with Crippen molar-refractivity contribution in [1.29, 1.82) is 0 Å². The molecule has 7 nitrogen and oxygen atoms in total. The predicted octanol–water partition coefficient (Wildman–Crippen LogP) is -0.600. The van der Waals surface area contributed by atoms with Gasteiger partial charge in [-0.2, -0.15) is 0 Å². The monoisotopic (exact) mass is 272 g/mol. The van der Waals surface area contributed by atoms with Crippen LogP contribution in [0.4, 0.5) is 5.00 Å². The minimum absolute atomic E-state index is 0.186. The standard InChI is InChI=1S/C10H12N2O5S/c13-7(10(16)17)12-8-6(9(14)15)4-1-2-11-3-5(4)18-8/h9,11,14-15H,1-3H2,(H,12,13)(H,16,17). The highest BCUT2D eigenvalue weighted by molar-refractivity contribution is 7.16. The van der Waals surface area contributed by atoms with Crippen LogP contribution in [-0.2, 0) is 22.6 Å². The SMILES string of the molecule is O=C(O)C(=O)Nc1sc2c(c1C(O)O)CCNC2. The van der Waals surface area contributed by atoms with Crippen LogP contribution in [0.3, 0.4) is 0 Å². The number of carboxylic acids is 1. The molecule has 98 valence electrons. The third-order valence-corrected chi connectivity index (χ3v) is 3.81. The minimum Gasteiger partial charge on any atom is -0.474 e. The van der Waals surface area contributed by atoms with E-state index in [0.29, 0.717) is 19.5 Å². The van der Waals surface area contributed by atoms with Gasteiger partial charge >= 0.3 is 11.9 Å². The topological polar surface area (TPSA) is 119 Å². The maximum Gasteiger partial charge on any atom is 0.394 e. The largest absolute Gasteiger partial charge is 0.474 e. The normalized spacial score (nSPS) is 14.4. The number of carboxylic acid groups (broad SMARTS) is 1. The van der Waals surface area contributed by atoms with Crippen LogP contribution in [0.1, 0.15) is 22.3 Å². The summed E-state index contributed by atoms with van der Waals surface area (Å²) in [4.78, 5) is 22.5. The van der Waals surface area contributed by atoms with Crippen LogP contribution in [-0.4, -0.2) is 33.7 Å². The number of aliphatic hydroxyl groups is 2. The Labute approximate surface area is 106 Å². The van der Waals surface area contributed by atoms with Crippen LogP contribution in [0.25, 0.3) is 0 Å². The molecule has 1 aliphatic heterocycles. The van der Waals surface area contributed by atoms with Gasteiger partial charge in [-0.3, -0.25) is 4.79 Å². The summed E-state index contributed by atoms with van der Waals surface area (Å²) in [5.41, 5.74) is 0.973. The molecule has 0 atom stereocenters. The summed E-state index contributed by atoms with van der Waals surface area (Å²) in [6.45, 7) is 1.28. The molecule has 1 aliphatic rings. The second kappa shape index (κ2) is 5.02. The Bertz CT molecular complexity index is 497. The van der Waals surface area contributed by atoms with Crippen LogP contribution < -0.4 is 10.6 Å². The summed E-state index contributed by atoms with van der Waals surface area (Å²) in [5.74, 6) is -2.80. The molecule has 8 heteroatoms. The summed E-state index contributed by atoms with van der Waals surface area (Å²) in [6, 6.07) is 0. The molecule has 0 unspecified atom stereocenters. The van der Waals surface area contributed by atoms with Gasteiger partial charge in [-0.15, -0.1) is 11.3 Å². The van der Waals surface area contributed by atoms with Crippen molar-refractivity contribution >= 4 is 28.2 Å². The van der Waals surface area contributed by atoms with Crippen molar-refractivity contribution in [3.8, 4) is 0 Å². The highest BCUT2D eigenvalue weighted by Crippen LogP contribution is 2.38. The maximum absolute atomic E-state index is 11.1. The predicted molar refractivity (Wildman–Crippen MR) is 63.2 cm³/mol. The fourth-order valence-corrected chi connectivity index (χ4v) is 3.12. The van der Waals surface area contributed by atoms with E-state index in [2.05, 4.69) is 10.6 Å². The number of thiophene rings is 1. The fourth-order valence-electron chi connectivity index (χ4n) is 1.88. The maximum atomic E-state index is 11.1. The van der Waals surface area contributed by atoms with Crippen molar-refractivity contribution in [3.05, 3.63) is 16.0 Å². The number of nitrogens with one attached hydrogen (secondary N) is 2. The molecule has 0 spiro atoms. The van der Waals surface area contributed by atoms with Gasteiger partial charge in [-0.05, 0) is 18.5 Å². The highest BCUT2D eigenvalue weighted by Gasteiger charge is 2.26. The van der Waals surface area contributed by atoms with E-state index in [9.17, 15) is 19.8 Å². The molecule has 5 N–H and O–H groups in total. The van der Waals surface area contributed by atoms with Crippen LogP contribution >= 0.6 is 11.3 Å². The highest BCUT2D eigenvalue weighted by atomic mass is 32.1. The van der Waals surface area contributed by atoms with E-state index in [-0.39, 0.29) is 10.6 Å². The number of hydrogen-bond donors (Lipinski definition) is 5. The molecule has 2 heterocycles. The Kier molecular flexibility index (Phi) is 3.62. The van der Waals surface area contributed by atoms with Gasteiger partial charge in [0.25, 0.3) is 0 Å². The number of carbonyl (C=O) groups excluding carboxylic acids is 1. The lowest BCUT2D eigenvalue weighted by atomic mass is 10.0. The third kappa shape index (κ3) is 2.36. The van der Waals surface area contributed by atoms with Crippen molar-refractivity contribution in [2.75, 3.05) is 11.9 Å². The Morgan fingerprint density at radius 3 is 2.72 bits per heavy atom. The molecule has 0 bridgehead atoms. The van der Waals surface area contributed by atoms with E-state index in [0.717, 1.165) is 21.8 Å². The minimum atomic E-state index is -1.73. The molecular weight excluding hydrogens is 260 g/mol. The number of fused-ring (bicyclic) bond motifs is 1. The molecule has 0 aliphatic carbocycles. The average Bonchev–Trinajstić information content (AvgIpc) is 2.66. The molecule has 2 rings (SSSR count). The number of amides is 1. The second-order valence-corrected chi connectivity index (χ2v) is 4.91. The van der Waals surface area contributed by atoms with E-state index in [1.54, 1.807) is 0 Å². The summed E-state index contributed by atoms with van der Waals surface area (Å²) >= 11 is 1.16. The zero-order chi connectivity index (χ0) is 13.3. The lowest BCUT2D eigenvalue weighted by Gasteiger charge is -2.15. The molecule has 0 saturated heterocycles. The van der Waals surface area contributed by atoms with E-state index in [1.165, 1.54) is 0 Å². The van der Waals surface area contributed by atoms with E-state index in [4.69, 9.17) is 5.11 Å². The second-order valence-electron chi connectivity index (χ2n) is 3.81. The van der Waals surface area contributed by atoms with Crippen LogP contribution in [0, 0.1) is 0 Å². The summed E-state index contributed by atoms with van der Waals surface area (Å²) in [7, 11) is 0. The number of hydrogen-bond acceptors (Lipinski definition) is 6. The Morgan fingerprint density at radius 1 is 1.39 bits per heavy atom. The number of anilines is 1. The smallest absolute Gasteiger partial charge is 0.394 e. The summed E-state index contributed by atoms with van der Waals surface area (Å²) < 4.78 is 0. The molecule has 0 fully saturated rings. The molecule has 1 aromatic rings.